The van der Waals surface area contributed by atoms with Gasteiger partial charge in [-0.3, -0.25) is 4.79 Å². The van der Waals surface area contributed by atoms with Gasteiger partial charge in [-0.1, -0.05) is 37.3 Å². The molecule has 0 aliphatic heterocycles. The summed E-state index contributed by atoms with van der Waals surface area (Å²) in [6.45, 7) is 3.51. The second kappa shape index (κ2) is 6.70. The molecule has 2 aromatic heterocycles. The van der Waals surface area contributed by atoms with Gasteiger partial charge >= 0.3 is 0 Å². The van der Waals surface area contributed by atoms with E-state index in [0.717, 1.165) is 29.1 Å². The largest absolute Gasteiger partial charge is 0.358 e. The van der Waals surface area contributed by atoms with Crippen molar-refractivity contribution in [1.82, 2.24) is 20.1 Å². The van der Waals surface area contributed by atoms with Gasteiger partial charge in [0.05, 0.1) is 17.8 Å². The van der Waals surface area contributed by atoms with Crippen molar-refractivity contribution < 1.29 is 13.6 Å². The zero-order valence-corrected chi connectivity index (χ0v) is 17.6. The monoisotopic (exact) mass is 422 g/mol. The van der Waals surface area contributed by atoms with Crippen LogP contribution in [-0.4, -0.2) is 33.6 Å². The van der Waals surface area contributed by atoms with Crippen molar-refractivity contribution in [1.29, 1.82) is 0 Å². The third-order valence-electron chi connectivity index (χ3n) is 7.05. The Bertz CT molecular complexity index is 1140. The highest BCUT2D eigenvalue weighted by molar-refractivity contribution is 5.89. The highest BCUT2D eigenvalue weighted by atomic mass is 19.3. The molecule has 2 aliphatic rings. The summed E-state index contributed by atoms with van der Waals surface area (Å²) >= 11 is 0. The molecule has 1 aromatic carbocycles. The summed E-state index contributed by atoms with van der Waals surface area (Å²) in [5.41, 5.74) is 2.17. The zero-order valence-electron chi connectivity index (χ0n) is 17.6. The first kappa shape index (κ1) is 19.8. The quantitative estimate of drug-likeness (QED) is 0.678. The third kappa shape index (κ3) is 2.68. The number of nitrogens with zero attached hydrogens (tertiary/aromatic N) is 3. The van der Waals surface area contributed by atoms with Gasteiger partial charge in [-0.2, -0.15) is 5.10 Å². The molecule has 160 valence electrons. The molecule has 5 rings (SSSR count). The highest BCUT2D eigenvalue weighted by Crippen LogP contribution is 2.71. The van der Waals surface area contributed by atoms with Crippen LogP contribution in [0.25, 0.3) is 5.82 Å². The number of halogens is 2. The van der Waals surface area contributed by atoms with E-state index in [9.17, 15) is 13.6 Å². The van der Waals surface area contributed by atoms with Crippen LogP contribution in [-0.2, 0) is 4.79 Å². The molecule has 2 heterocycles. The first-order valence-electron chi connectivity index (χ1n) is 10.5. The summed E-state index contributed by atoms with van der Waals surface area (Å²) in [7, 11) is 1.39. The van der Waals surface area contributed by atoms with Crippen molar-refractivity contribution in [2.24, 2.45) is 5.41 Å². The average Bonchev–Trinajstić information content (AvgIpc) is 3.13. The van der Waals surface area contributed by atoms with E-state index in [0.29, 0.717) is 11.5 Å². The highest BCUT2D eigenvalue weighted by Gasteiger charge is 2.82. The van der Waals surface area contributed by atoms with E-state index in [4.69, 9.17) is 0 Å². The number of amides is 1. The topological polar surface area (TPSA) is 59.8 Å². The number of nitrogens with one attached hydrogen (secondary N) is 1. The number of hydrogen-bond acceptors (Lipinski definition) is 3. The summed E-state index contributed by atoms with van der Waals surface area (Å²) in [5, 5.41) is 6.94. The standard InChI is InChI=1S/C24H24F2N4O/c1-14-12-17(18-13-29-30(20(14)18)19-6-4-5-11-28-19)15-7-9-16(10-8-15)21-23(2,22(31)27-3)24(21,25)26/h4-11,13-14,17,21H,12H2,1-3H3,(H,27,31)/t14?,17?,21-,23+/m1/s1. The Labute approximate surface area is 179 Å². The minimum Gasteiger partial charge on any atom is -0.358 e. The first-order valence-corrected chi connectivity index (χ1v) is 10.5. The van der Waals surface area contributed by atoms with Gasteiger partial charge < -0.3 is 5.32 Å². The Morgan fingerprint density at radius 1 is 1.16 bits per heavy atom. The Morgan fingerprint density at radius 3 is 2.52 bits per heavy atom. The predicted molar refractivity (Wildman–Crippen MR) is 113 cm³/mol. The summed E-state index contributed by atoms with van der Waals surface area (Å²) in [6, 6.07) is 13.1. The van der Waals surface area contributed by atoms with Crippen molar-refractivity contribution in [3.63, 3.8) is 0 Å². The van der Waals surface area contributed by atoms with Crippen LogP contribution >= 0.6 is 0 Å². The van der Waals surface area contributed by atoms with Crippen LogP contribution in [0.4, 0.5) is 8.78 Å². The molecule has 0 radical (unpaired) electrons. The molecular formula is C24H24F2N4O. The number of carbonyl (C=O) groups excluding carboxylic acids is 1. The molecule has 1 amide bonds. The van der Waals surface area contributed by atoms with E-state index in [1.807, 2.05) is 41.2 Å². The Balaban J connectivity index is 1.44. The molecule has 31 heavy (non-hydrogen) atoms. The smallest absolute Gasteiger partial charge is 0.270 e. The Morgan fingerprint density at radius 2 is 1.87 bits per heavy atom. The lowest BCUT2D eigenvalue weighted by atomic mass is 9.91. The number of pyridine rings is 1. The van der Waals surface area contributed by atoms with Crippen molar-refractivity contribution >= 4 is 5.91 Å². The van der Waals surface area contributed by atoms with E-state index < -0.39 is 23.2 Å². The van der Waals surface area contributed by atoms with Gasteiger partial charge in [0.2, 0.25) is 5.91 Å². The maximum atomic E-state index is 14.5. The van der Waals surface area contributed by atoms with Gasteiger partial charge in [0.15, 0.2) is 5.82 Å². The van der Waals surface area contributed by atoms with Crippen LogP contribution < -0.4 is 5.32 Å². The zero-order chi connectivity index (χ0) is 22.0. The number of hydrogen-bond donors (Lipinski definition) is 1. The molecule has 2 unspecified atom stereocenters. The second-order valence-electron chi connectivity index (χ2n) is 8.78. The lowest BCUT2D eigenvalue weighted by Gasteiger charge is -2.12. The van der Waals surface area contributed by atoms with Crippen molar-refractivity contribution in [3.05, 3.63) is 77.2 Å². The summed E-state index contributed by atoms with van der Waals surface area (Å²) in [5.74, 6) is -3.53. The maximum Gasteiger partial charge on any atom is 0.270 e. The first-order chi connectivity index (χ1) is 14.8. The van der Waals surface area contributed by atoms with Crippen molar-refractivity contribution in [2.45, 2.75) is 43.9 Å². The van der Waals surface area contributed by atoms with Crippen LogP contribution in [0.3, 0.4) is 0 Å². The maximum absolute atomic E-state index is 14.5. The van der Waals surface area contributed by atoms with Crippen LogP contribution in [0, 0.1) is 5.41 Å². The number of benzene rings is 1. The molecule has 1 fully saturated rings. The van der Waals surface area contributed by atoms with Gasteiger partial charge in [-0.05, 0) is 42.5 Å². The molecule has 4 atom stereocenters. The number of fused-ring (bicyclic) bond motifs is 1. The SMILES string of the molecule is CNC(=O)[C@]1(C)[C@@H](c2ccc(C3CC(C)c4c3cnn4-c3ccccn3)cc2)C1(F)F. The molecule has 0 bridgehead atoms. The van der Waals surface area contributed by atoms with E-state index in [-0.39, 0.29) is 5.92 Å². The predicted octanol–water partition coefficient (Wildman–Crippen LogP) is 4.39. The lowest BCUT2D eigenvalue weighted by Crippen LogP contribution is -2.31. The fraction of sp³-hybridized carbons (Fsp3) is 0.375. The van der Waals surface area contributed by atoms with Crippen LogP contribution in [0.1, 0.15) is 60.4 Å². The molecular weight excluding hydrogens is 398 g/mol. The van der Waals surface area contributed by atoms with E-state index in [1.54, 1.807) is 18.3 Å². The summed E-state index contributed by atoms with van der Waals surface area (Å²) in [6.07, 6.45) is 4.57. The fourth-order valence-electron chi connectivity index (χ4n) is 5.24. The molecule has 0 spiro atoms. The van der Waals surface area contributed by atoms with Gasteiger partial charge in [0, 0.05) is 24.7 Å². The van der Waals surface area contributed by atoms with Gasteiger partial charge in [-0.25, -0.2) is 18.4 Å². The minimum absolute atomic E-state index is 0.154. The number of alkyl halides is 2. The molecule has 7 heteroatoms. The fourth-order valence-corrected chi connectivity index (χ4v) is 5.24. The summed E-state index contributed by atoms with van der Waals surface area (Å²) < 4.78 is 30.9. The lowest BCUT2D eigenvalue weighted by molar-refractivity contribution is -0.128. The number of rotatable bonds is 4. The van der Waals surface area contributed by atoms with E-state index in [1.165, 1.54) is 14.0 Å². The summed E-state index contributed by atoms with van der Waals surface area (Å²) in [4.78, 5) is 16.5. The van der Waals surface area contributed by atoms with E-state index >= 15 is 0 Å². The van der Waals surface area contributed by atoms with Crippen LogP contribution in [0.5, 0.6) is 0 Å². The van der Waals surface area contributed by atoms with Gasteiger partial charge in [0.1, 0.15) is 5.41 Å². The van der Waals surface area contributed by atoms with Gasteiger partial charge in [-0.15, -0.1) is 0 Å². The van der Waals surface area contributed by atoms with Crippen LogP contribution in [0.15, 0.2) is 54.9 Å². The number of aromatic nitrogens is 3. The van der Waals surface area contributed by atoms with Crippen molar-refractivity contribution in [3.8, 4) is 5.82 Å². The van der Waals surface area contributed by atoms with Crippen LogP contribution in [0.2, 0.25) is 0 Å². The Kier molecular flexibility index (Phi) is 4.29. The third-order valence-corrected chi connectivity index (χ3v) is 7.05. The van der Waals surface area contributed by atoms with Gasteiger partial charge in [0.25, 0.3) is 5.92 Å². The molecule has 3 aromatic rings. The number of carbonyl (C=O) groups is 1. The average molecular weight is 422 g/mol. The van der Waals surface area contributed by atoms with Crippen molar-refractivity contribution in [2.75, 3.05) is 7.05 Å². The minimum atomic E-state index is -3.05. The molecule has 0 saturated heterocycles. The molecule has 5 nitrogen and oxygen atoms in total. The molecule has 1 saturated carbocycles. The molecule has 1 N–H and O–H groups in total. The van der Waals surface area contributed by atoms with E-state index in [2.05, 4.69) is 22.3 Å². The normalized spacial score (nSPS) is 28.2. The second-order valence-corrected chi connectivity index (χ2v) is 8.78. The Hall–Kier alpha value is -3.09. The molecule has 2 aliphatic carbocycles.